The second-order valence-electron chi connectivity index (χ2n) is 3.45. The van der Waals surface area contributed by atoms with Crippen LogP contribution in [-0.2, 0) is 0 Å². The van der Waals surface area contributed by atoms with Gasteiger partial charge in [0.25, 0.3) is 5.91 Å². The maximum Gasteiger partial charge on any atom is 0.263 e. The summed E-state index contributed by atoms with van der Waals surface area (Å²) in [4.78, 5) is 16.3. The molecule has 3 nitrogen and oxygen atoms in total. The number of amides is 1. The minimum Gasteiger partial charge on any atom is -0.350 e. The number of carbonyl (C=O) groups is 1. The van der Waals surface area contributed by atoms with Crippen molar-refractivity contribution in [1.29, 1.82) is 0 Å². The van der Waals surface area contributed by atoms with Crippen LogP contribution in [0.4, 0.5) is 0 Å². The molecule has 1 heterocycles. The van der Waals surface area contributed by atoms with Crippen LogP contribution in [0.5, 0.6) is 0 Å². The molecule has 2 rings (SSSR count). The molecule has 0 spiro atoms. The quantitative estimate of drug-likeness (QED) is 0.882. The Morgan fingerprint density at radius 2 is 2.18 bits per heavy atom. The zero-order chi connectivity index (χ0) is 12.1. The number of alkyl halides is 1. The van der Waals surface area contributed by atoms with Gasteiger partial charge in [-0.15, -0.1) is 11.3 Å². The molecule has 0 radical (unpaired) electrons. The molecule has 5 heteroatoms. The van der Waals surface area contributed by atoms with E-state index in [2.05, 4.69) is 26.2 Å². The van der Waals surface area contributed by atoms with Crippen molar-refractivity contribution in [3.05, 3.63) is 52.5 Å². The van der Waals surface area contributed by atoms with Crippen LogP contribution in [0.3, 0.4) is 0 Å². The van der Waals surface area contributed by atoms with Crippen molar-refractivity contribution in [2.75, 3.05) is 6.54 Å². The van der Waals surface area contributed by atoms with E-state index in [4.69, 9.17) is 0 Å². The molecule has 1 aromatic heterocycles. The Hall–Kier alpha value is -1.20. The lowest BCUT2D eigenvalue weighted by molar-refractivity contribution is 0.0958. The lowest BCUT2D eigenvalue weighted by atomic mass is 10.1. The first kappa shape index (κ1) is 12.3. The highest BCUT2D eigenvalue weighted by Crippen LogP contribution is 2.21. The Kier molecular flexibility index (Phi) is 4.28. The maximum absolute atomic E-state index is 11.7. The van der Waals surface area contributed by atoms with Gasteiger partial charge < -0.3 is 5.32 Å². The second-order valence-corrected chi connectivity index (χ2v) is 5.45. The predicted molar refractivity (Wildman–Crippen MR) is 72.6 cm³/mol. The summed E-state index contributed by atoms with van der Waals surface area (Å²) < 4.78 is 0. The van der Waals surface area contributed by atoms with E-state index in [0.717, 1.165) is 5.56 Å². The maximum atomic E-state index is 11.7. The molecule has 1 unspecified atom stereocenters. The topological polar surface area (TPSA) is 42.0 Å². The molecule has 1 N–H and O–H groups in total. The zero-order valence-electron chi connectivity index (χ0n) is 8.97. The molecule has 17 heavy (non-hydrogen) atoms. The van der Waals surface area contributed by atoms with Crippen molar-refractivity contribution in [2.24, 2.45) is 0 Å². The molecule has 0 saturated heterocycles. The average Bonchev–Trinajstić information content (AvgIpc) is 2.90. The number of hydrogen-bond donors (Lipinski definition) is 1. The molecule has 0 aliphatic carbocycles. The number of halogens is 1. The summed E-state index contributed by atoms with van der Waals surface area (Å²) >= 11 is 4.89. The summed E-state index contributed by atoms with van der Waals surface area (Å²) in [5.74, 6) is -0.0760. The smallest absolute Gasteiger partial charge is 0.263 e. The van der Waals surface area contributed by atoms with Crippen LogP contribution < -0.4 is 5.32 Å². The van der Waals surface area contributed by atoms with Gasteiger partial charge in [0.1, 0.15) is 4.88 Å². The van der Waals surface area contributed by atoms with Gasteiger partial charge in [-0.1, -0.05) is 46.3 Å². The highest BCUT2D eigenvalue weighted by Gasteiger charge is 2.11. The lowest BCUT2D eigenvalue weighted by Crippen LogP contribution is -2.25. The number of hydrogen-bond acceptors (Lipinski definition) is 3. The molecule has 0 saturated carbocycles. The zero-order valence-corrected chi connectivity index (χ0v) is 11.4. The fraction of sp³-hybridized carbons (Fsp3) is 0.167. The highest BCUT2D eigenvalue weighted by molar-refractivity contribution is 9.09. The van der Waals surface area contributed by atoms with E-state index in [1.807, 2.05) is 30.3 Å². The summed E-state index contributed by atoms with van der Waals surface area (Å²) in [6.45, 7) is 0.556. The van der Waals surface area contributed by atoms with Gasteiger partial charge in [0.15, 0.2) is 0 Å². The van der Waals surface area contributed by atoms with Gasteiger partial charge in [0, 0.05) is 6.54 Å². The second kappa shape index (κ2) is 5.93. The third-order valence-corrected chi connectivity index (χ3v) is 3.88. The summed E-state index contributed by atoms with van der Waals surface area (Å²) in [6.07, 6.45) is 1.58. The van der Waals surface area contributed by atoms with E-state index in [9.17, 15) is 4.79 Å². The van der Waals surface area contributed by atoms with Crippen molar-refractivity contribution in [2.45, 2.75) is 4.83 Å². The Bertz CT molecular complexity index is 473. The summed E-state index contributed by atoms with van der Waals surface area (Å²) in [6, 6.07) is 9.98. The molecular formula is C12H11BrN2OS. The summed E-state index contributed by atoms with van der Waals surface area (Å²) in [7, 11) is 0. The molecule has 1 aromatic carbocycles. The van der Waals surface area contributed by atoms with Gasteiger partial charge in [-0.3, -0.25) is 9.78 Å². The van der Waals surface area contributed by atoms with Crippen LogP contribution in [0.15, 0.2) is 42.0 Å². The standard InChI is InChI=1S/C12H11BrN2OS/c13-10(9-4-2-1-3-5-9)6-15-12(16)11-7-14-8-17-11/h1-5,7-8,10H,6H2,(H,15,16). The number of rotatable bonds is 4. The van der Waals surface area contributed by atoms with Crippen molar-refractivity contribution in [1.82, 2.24) is 10.3 Å². The number of aromatic nitrogens is 1. The number of carbonyl (C=O) groups excluding carboxylic acids is 1. The van der Waals surface area contributed by atoms with Crippen LogP contribution in [-0.4, -0.2) is 17.4 Å². The van der Waals surface area contributed by atoms with Crippen molar-refractivity contribution in [3.63, 3.8) is 0 Å². The SMILES string of the molecule is O=C(NCC(Br)c1ccccc1)c1cncs1. The summed E-state index contributed by atoms with van der Waals surface area (Å²) in [5.41, 5.74) is 2.80. The fourth-order valence-electron chi connectivity index (χ4n) is 1.38. The van der Waals surface area contributed by atoms with Gasteiger partial charge in [-0.25, -0.2) is 0 Å². The minimum atomic E-state index is -0.0760. The Balaban J connectivity index is 1.89. The molecule has 1 atom stereocenters. The average molecular weight is 311 g/mol. The Morgan fingerprint density at radius 1 is 1.41 bits per heavy atom. The van der Waals surface area contributed by atoms with E-state index in [1.54, 1.807) is 11.7 Å². The van der Waals surface area contributed by atoms with Gasteiger partial charge in [0.2, 0.25) is 0 Å². The van der Waals surface area contributed by atoms with E-state index in [1.165, 1.54) is 11.3 Å². The third kappa shape index (κ3) is 3.38. The Morgan fingerprint density at radius 3 is 2.82 bits per heavy atom. The number of benzene rings is 1. The first-order valence-corrected chi connectivity index (χ1v) is 6.92. The van der Waals surface area contributed by atoms with Gasteiger partial charge in [0.05, 0.1) is 16.5 Å². The molecule has 2 aromatic rings. The molecule has 1 amide bonds. The number of thiazole rings is 1. The molecule has 0 bridgehead atoms. The molecule has 0 aliphatic heterocycles. The predicted octanol–water partition coefficient (Wildman–Crippen LogP) is 3.01. The molecular weight excluding hydrogens is 300 g/mol. The highest BCUT2D eigenvalue weighted by atomic mass is 79.9. The monoisotopic (exact) mass is 310 g/mol. The van der Waals surface area contributed by atoms with Crippen LogP contribution in [0.1, 0.15) is 20.1 Å². The van der Waals surface area contributed by atoms with Crippen molar-refractivity contribution < 1.29 is 4.79 Å². The Labute approximate surface area is 112 Å². The molecule has 0 fully saturated rings. The van der Waals surface area contributed by atoms with E-state index in [0.29, 0.717) is 11.4 Å². The van der Waals surface area contributed by atoms with Crippen molar-refractivity contribution >= 4 is 33.2 Å². The van der Waals surface area contributed by atoms with Crippen molar-refractivity contribution in [3.8, 4) is 0 Å². The van der Waals surface area contributed by atoms with Gasteiger partial charge in [-0.2, -0.15) is 0 Å². The normalized spacial score (nSPS) is 12.1. The van der Waals surface area contributed by atoms with Gasteiger partial charge >= 0.3 is 0 Å². The van der Waals surface area contributed by atoms with E-state index in [-0.39, 0.29) is 10.7 Å². The first-order chi connectivity index (χ1) is 8.27. The van der Waals surface area contributed by atoms with Crippen LogP contribution in [0.2, 0.25) is 0 Å². The first-order valence-electron chi connectivity index (χ1n) is 5.13. The minimum absolute atomic E-state index is 0.0760. The lowest BCUT2D eigenvalue weighted by Gasteiger charge is -2.10. The fourth-order valence-corrected chi connectivity index (χ4v) is 2.38. The van der Waals surface area contributed by atoms with Crippen LogP contribution in [0.25, 0.3) is 0 Å². The largest absolute Gasteiger partial charge is 0.350 e. The molecule has 0 aliphatic rings. The van der Waals surface area contributed by atoms with Crippen LogP contribution in [0, 0.1) is 0 Å². The van der Waals surface area contributed by atoms with Gasteiger partial charge in [-0.05, 0) is 5.56 Å². The van der Waals surface area contributed by atoms with E-state index < -0.39 is 0 Å². The number of nitrogens with zero attached hydrogens (tertiary/aromatic N) is 1. The van der Waals surface area contributed by atoms with E-state index >= 15 is 0 Å². The molecule has 88 valence electrons. The number of nitrogens with one attached hydrogen (secondary N) is 1. The third-order valence-electron chi connectivity index (χ3n) is 2.26. The van der Waals surface area contributed by atoms with Crippen LogP contribution >= 0.6 is 27.3 Å². The summed E-state index contributed by atoms with van der Waals surface area (Å²) in [5, 5.41) is 2.87.